The molecule has 0 aliphatic carbocycles. The van der Waals surface area contributed by atoms with E-state index >= 15 is 0 Å². The maximum absolute atomic E-state index is 12.3. The quantitative estimate of drug-likeness (QED) is 0.596. The summed E-state index contributed by atoms with van der Waals surface area (Å²) in [5.74, 6) is -1.51. The molecule has 0 saturated heterocycles. The van der Waals surface area contributed by atoms with Crippen LogP contribution >= 0.6 is 12.2 Å². The van der Waals surface area contributed by atoms with E-state index in [1.807, 2.05) is 13.8 Å². The molecule has 0 heterocycles. The summed E-state index contributed by atoms with van der Waals surface area (Å²) in [5.41, 5.74) is 0.485. The third-order valence-electron chi connectivity index (χ3n) is 3.18. The number of carboxylic acids is 1. The summed E-state index contributed by atoms with van der Waals surface area (Å²) in [6.45, 7) is 3.77. The average molecular weight is 374 g/mol. The van der Waals surface area contributed by atoms with Gasteiger partial charge in [0.25, 0.3) is 5.91 Å². The predicted molar refractivity (Wildman–Crippen MR) is 101 cm³/mol. The van der Waals surface area contributed by atoms with E-state index in [-0.39, 0.29) is 16.8 Å². The zero-order valence-electron chi connectivity index (χ0n) is 14.1. The van der Waals surface area contributed by atoms with Crippen LogP contribution in [0.1, 0.15) is 34.6 Å². The third kappa shape index (κ3) is 5.18. The standard InChI is InChI=1S/C18H18N2O5S/c1-10(2)25-13-5-3-4-11(8-13)16(22)20-18(26)19-12-6-7-14(17(23)24)15(21)9-12/h3-10,21H,1-2H3,(H,23,24)(H2,19,20,22,26). The first kappa shape index (κ1) is 19.2. The Hall–Kier alpha value is -3.13. The van der Waals surface area contributed by atoms with E-state index in [9.17, 15) is 14.7 Å². The first-order valence-electron chi connectivity index (χ1n) is 7.71. The molecule has 4 N–H and O–H groups in total. The van der Waals surface area contributed by atoms with Gasteiger partial charge in [0.15, 0.2) is 5.11 Å². The van der Waals surface area contributed by atoms with Gasteiger partial charge in [-0.15, -0.1) is 0 Å². The van der Waals surface area contributed by atoms with Crippen molar-refractivity contribution in [1.82, 2.24) is 5.32 Å². The van der Waals surface area contributed by atoms with Crippen molar-refractivity contribution in [1.29, 1.82) is 0 Å². The lowest BCUT2D eigenvalue weighted by atomic mass is 10.2. The molecular weight excluding hydrogens is 356 g/mol. The summed E-state index contributed by atoms with van der Waals surface area (Å²) >= 11 is 5.07. The lowest BCUT2D eigenvalue weighted by molar-refractivity contribution is 0.0693. The zero-order valence-corrected chi connectivity index (χ0v) is 15.0. The van der Waals surface area contributed by atoms with E-state index in [0.717, 1.165) is 0 Å². The van der Waals surface area contributed by atoms with Crippen molar-refractivity contribution in [2.24, 2.45) is 0 Å². The van der Waals surface area contributed by atoms with Crippen LogP contribution < -0.4 is 15.4 Å². The van der Waals surface area contributed by atoms with Crippen LogP contribution in [-0.2, 0) is 0 Å². The van der Waals surface area contributed by atoms with Gasteiger partial charge in [-0.2, -0.15) is 0 Å². The summed E-state index contributed by atoms with van der Waals surface area (Å²) in [6.07, 6.45) is -0.0162. The number of thiocarbonyl (C=S) groups is 1. The maximum Gasteiger partial charge on any atom is 0.339 e. The van der Waals surface area contributed by atoms with Gasteiger partial charge < -0.3 is 20.3 Å². The largest absolute Gasteiger partial charge is 0.507 e. The van der Waals surface area contributed by atoms with Gasteiger partial charge in [0.05, 0.1) is 6.10 Å². The normalized spacial score (nSPS) is 10.3. The highest BCUT2D eigenvalue weighted by atomic mass is 32.1. The number of aromatic carboxylic acids is 1. The third-order valence-corrected chi connectivity index (χ3v) is 3.39. The van der Waals surface area contributed by atoms with Crippen molar-refractivity contribution in [3.8, 4) is 11.5 Å². The zero-order chi connectivity index (χ0) is 19.3. The summed E-state index contributed by atoms with van der Waals surface area (Å²) in [7, 11) is 0. The van der Waals surface area contributed by atoms with Crippen LogP contribution in [0.15, 0.2) is 42.5 Å². The van der Waals surface area contributed by atoms with Crippen molar-refractivity contribution in [3.05, 3.63) is 53.6 Å². The molecule has 7 nitrogen and oxygen atoms in total. The topological polar surface area (TPSA) is 108 Å². The van der Waals surface area contributed by atoms with Crippen molar-refractivity contribution < 1.29 is 24.5 Å². The van der Waals surface area contributed by atoms with Gasteiger partial charge in [-0.25, -0.2) is 4.79 Å². The smallest absolute Gasteiger partial charge is 0.339 e. The Morgan fingerprint density at radius 1 is 1.15 bits per heavy atom. The molecule has 0 fully saturated rings. The molecule has 0 saturated carbocycles. The van der Waals surface area contributed by atoms with E-state index in [1.165, 1.54) is 18.2 Å². The fraction of sp³-hybridized carbons (Fsp3) is 0.167. The molecule has 1 amide bonds. The molecule has 2 aromatic rings. The lowest BCUT2D eigenvalue weighted by Gasteiger charge is -2.12. The lowest BCUT2D eigenvalue weighted by Crippen LogP contribution is -2.34. The number of carboxylic acid groups (broad SMARTS) is 1. The minimum Gasteiger partial charge on any atom is -0.507 e. The van der Waals surface area contributed by atoms with E-state index in [2.05, 4.69) is 10.6 Å². The number of benzene rings is 2. The molecule has 2 aromatic carbocycles. The Balaban J connectivity index is 2.02. The van der Waals surface area contributed by atoms with Crippen LogP contribution in [0, 0.1) is 0 Å². The monoisotopic (exact) mass is 374 g/mol. The molecular formula is C18H18N2O5S. The number of anilines is 1. The first-order valence-corrected chi connectivity index (χ1v) is 8.12. The van der Waals surface area contributed by atoms with Crippen molar-refractivity contribution in [3.63, 3.8) is 0 Å². The fourth-order valence-electron chi connectivity index (χ4n) is 2.11. The summed E-state index contributed by atoms with van der Waals surface area (Å²) in [4.78, 5) is 23.2. The number of rotatable bonds is 5. The Kier molecular flexibility index (Phi) is 6.13. The summed E-state index contributed by atoms with van der Waals surface area (Å²) in [6, 6.07) is 10.5. The number of ether oxygens (including phenoxy) is 1. The van der Waals surface area contributed by atoms with Crippen molar-refractivity contribution >= 4 is 34.9 Å². The van der Waals surface area contributed by atoms with E-state index in [4.69, 9.17) is 22.1 Å². The molecule has 26 heavy (non-hydrogen) atoms. The SMILES string of the molecule is CC(C)Oc1cccc(C(=O)NC(=S)Nc2ccc(C(=O)O)c(O)c2)c1. The number of amides is 1. The van der Waals surface area contributed by atoms with E-state index < -0.39 is 17.6 Å². The van der Waals surface area contributed by atoms with Crippen LogP contribution in [0.25, 0.3) is 0 Å². The minimum atomic E-state index is -1.24. The van der Waals surface area contributed by atoms with Gasteiger partial charge in [0.2, 0.25) is 0 Å². The number of carbonyl (C=O) groups excluding carboxylic acids is 1. The highest BCUT2D eigenvalue weighted by molar-refractivity contribution is 7.80. The Labute approximate surface area is 155 Å². The van der Waals surface area contributed by atoms with Crippen LogP contribution in [-0.4, -0.2) is 33.3 Å². The molecule has 8 heteroatoms. The molecule has 0 aliphatic rings. The van der Waals surface area contributed by atoms with Gasteiger partial charge in [0, 0.05) is 17.3 Å². The highest BCUT2D eigenvalue weighted by Gasteiger charge is 2.12. The van der Waals surface area contributed by atoms with Crippen molar-refractivity contribution in [2.75, 3.05) is 5.32 Å². The predicted octanol–water partition coefficient (Wildman–Crippen LogP) is 3.00. The van der Waals surface area contributed by atoms with Gasteiger partial charge in [-0.1, -0.05) is 6.07 Å². The van der Waals surface area contributed by atoms with E-state index in [1.54, 1.807) is 24.3 Å². The second-order valence-corrected chi connectivity index (χ2v) is 6.05. The van der Waals surface area contributed by atoms with Gasteiger partial charge in [0.1, 0.15) is 17.1 Å². The number of nitrogens with one attached hydrogen (secondary N) is 2. The van der Waals surface area contributed by atoms with Gasteiger partial charge in [-0.05, 0) is 56.4 Å². The Morgan fingerprint density at radius 2 is 1.88 bits per heavy atom. The molecule has 136 valence electrons. The molecule has 2 rings (SSSR count). The number of aromatic hydroxyl groups is 1. The second-order valence-electron chi connectivity index (χ2n) is 5.64. The molecule has 0 unspecified atom stereocenters. The number of carbonyl (C=O) groups is 2. The van der Waals surface area contributed by atoms with Gasteiger partial charge >= 0.3 is 5.97 Å². The second kappa shape index (κ2) is 8.30. The molecule has 0 aromatic heterocycles. The highest BCUT2D eigenvalue weighted by Crippen LogP contribution is 2.22. The summed E-state index contributed by atoms with van der Waals surface area (Å²) in [5, 5.41) is 23.8. The number of hydrogen-bond acceptors (Lipinski definition) is 5. The molecule has 0 atom stereocenters. The molecule has 0 bridgehead atoms. The van der Waals surface area contributed by atoms with Crippen LogP contribution in [0.3, 0.4) is 0 Å². The van der Waals surface area contributed by atoms with E-state index in [0.29, 0.717) is 17.0 Å². The fourth-order valence-corrected chi connectivity index (χ4v) is 2.32. The van der Waals surface area contributed by atoms with Crippen LogP contribution in [0.5, 0.6) is 11.5 Å². The molecule has 0 spiro atoms. The van der Waals surface area contributed by atoms with Crippen LogP contribution in [0.2, 0.25) is 0 Å². The average Bonchev–Trinajstić information content (AvgIpc) is 2.54. The maximum atomic E-state index is 12.3. The number of phenols is 1. The van der Waals surface area contributed by atoms with Gasteiger partial charge in [-0.3, -0.25) is 10.1 Å². The Bertz CT molecular complexity index is 851. The Morgan fingerprint density at radius 3 is 2.50 bits per heavy atom. The minimum absolute atomic E-state index is 0.00709. The van der Waals surface area contributed by atoms with Crippen LogP contribution in [0.4, 0.5) is 5.69 Å². The first-order chi connectivity index (χ1) is 12.3. The van der Waals surface area contributed by atoms with Crippen molar-refractivity contribution in [2.45, 2.75) is 20.0 Å². The summed E-state index contributed by atoms with van der Waals surface area (Å²) < 4.78 is 5.55. The molecule has 0 aliphatic heterocycles. The number of hydrogen-bond donors (Lipinski definition) is 4. The molecule has 0 radical (unpaired) electrons.